The highest BCUT2D eigenvalue weighted by molar-refractivity contribution is 4.82. The largest absolute Gasteiger partial charge is 0.390 e. The van der Waals surface area contributed by atoms with Crippen LogP contribution in [0.15, 0.2) is 0 Å². The first-order chi connectivity index (χ1) is 8.40. The summed E-state index contributed by atoms with van der Waals surface area (Å²) in [6, 6.07) is 0. The first-order valence-electron chi connectivity index (χ1n) is 6.89. The molecule has 0 saturated carbocycles. The van der Waals surface area contributed by atoms with E-state index < -0.39 is 11.7 Å². The number of aliphatic hydroxyl groups is 1. The zero-order chi connectivity index (χ0) is 13.8. The van der Waals surface area contributed by atoms with Crippen molar-refractivity contribution in [1.82, 2.24) is 4.90 Å². The molecule has 1 N–H and O–H groups in total. The number of aliphatic hydroxyl groups excluding tert-OH is 1. The first kappa shape index (κ1) is 15.9. The third-order valence-corrected chi connectivity index (χ3v) is 4.32. The monoisotopic (exact) mass is 259 g/mol. The van der Waals surface area contributed by atoms with Gasteiger partial charge in [0.15, 0.2) is 0 Å². The Hall–Kier alpha value is -0.160. The van der Waals surface area contributed by atoms with Crippen molar-refractivity contribution in [2.24, 2.45) is 5.92 Å². The fraction of sp³-hybridized carbons (Fsp3) is 1.00. The Morgan fingerprint density at radius 3 is 2.61 bits per heavy atom. The third kappa shape index (κ3) is 4.19. The summed E-state index contributed by atoms with van der Waals surface area (Å²) >= 11 is 0. The summed E-state index contributed by atoms with van der Waals surface area (Å²) in [7, 11) is 3.43. The maximum Gasteiger partial charge on any atom is 0.0880 e. The minimum atomic E-state index is -0.469. The van der Waals surface area contributed by atoms with Crippen LogP contribution in [0.4, 0.5) is 0 Å². The van der Waals surface area contributed by atoms with Crippen molar-refractivity contribution in [2.75, 3.05) is 33.9 Å². The quantitative estimate of drug-likeness (QED) is 0.785. The second-order valence-electron chi connectivity index (χ2n) is 5.95. The van der Waals surface area contributed by atoms with E-state index in [0.29, 0.717) is 12.0 Å². The van der Waals surface area contributed by atoms with E-state index in [-0.39, 0.29) is 0 Å². The molecule has 1 saturated heterocycles. The standard InChI is InChI=1S/C14H29NO3/c1-11-6-8-15(10-12(11)17-4)9-7-13(16)14(2,3)18-5/h11-13,16H,6-10H2,1-5H3. The second kappa shape index (κ2) is 6.85. The van der Waals surface area contributed by atoms with Gasteiger partial charge in [0, 0.05) is 27.3 Å². The van der Waals surface area contributed by atoms with E-state index in [9.17, 15) is 5.11 Å². The fourth-order valence-electron chi connectivity index (χ4n) is 2.40. The number of likely N-dealkylation sites (tertiary alicyclic amines) is 1. The molecule has 1 heterocycles. The van der Waals surface area contributed by atoms with E-state index in [0.717, 1.165) is 26.1 Å². The molecule has 1 rings (SSSR count). The van der Waals surface area contributed by atoms with E-state index in [2.05, 4.69) is 11.8 Å². The zero-order valence-electron chi connectivity index (χ0n) is 12.5. The summed E-state index contributed by atoms with van der Waals surface area (Å²) in [5.74, 6) is 0.631. The number of hydrogen-bond donors (Lipinski definition) is 1. The van der Waals surface area contributed by atoms with Crippen molar-refractivity contribution in [3.63, 3.8) is 0 Å². The second-order valence-corrected chi connectivity index (χ2v) is 5.95. The molecule has 0 aromatic carbocycles. The van der Waals surface area contributed by atoms with Crippen molar-refractivity contribution in [2.45, 2.75) is 51.4 Å². The van der Waals surface area contributed by atoms with Crippen molar-refractivity contribution in [3.05, 3.63) is 0 Å². The lowest BCUT2D eigenvalue weighted by Crippen LogP contribution is -2.46. The van der Waals surface area contributed by atoms with Crippen LogP contribution in [0.5, 0.6) is 0 Å². The predicted octanol–water partition coefficient (Wildman–Crippen LogP) is 1.52. The smallest absolute Gasteiger partial charge is 0.0880 e. The normalized spacial score (nSPS) is 28.3. The summed E-state index contributed by atoms with van der Waals surface area (Å²) in [6.45, 7) is 9.07. The van der Waals surface area contributed by atoms with Crippen LogP contribution in [0, 0.1) is 5.92 Å². The van der Waals surface area contributed by atoms with Crippen LogP contribution < -0.4 is 0 Å². The van der Waals surface area contributed by atoms with Gasteiger partial charge in [-0.1, -0.05) is 6.92 Å². The fourth-order valence-corrected chi connectivity index (χ4v) is 2.40. The van der Waals surface area contributed by atoms with E-state index >= 15 is 0 Å². The molecule has 0 radical (unpaired) electrons. The highest BCUT2D eigenvalue weighted by Gasteiger charge is 2.30. The van der Waals surface area contributed by atoms with Crippen LogP contribution in [0.2, 0.25) is 0 Å². The van der Waals surface area contributed by atoms with Gasteiger partial charge in [-0.2, -0.15) is 0 Å². The van der Waals surface area contributed by atoms with Crippen LogP contribution >= 0.6 is 0 Å². The minimum absolute atomic E-state index is 0.325. The maximum absolute atomic E-state index is 10.1. The molecule has 0 aliphatic carbocycles. The lowest BCUT2D eigenvalue weighted by atomic mass is 9.94. The first-order valence-corrected chi connectivity index (χ1v) is 6.89. The summed E-state index contributed by atoms with van der Waals surface area (Å²) in [5, 5.41) is 10.1. The molecule has 108 valence electrons. The van der Waals surface area contributed by atoms with Gasteiger partial charge >= 0.3 is 0 Å². The van der Waals surface area contributed by atoms with E-state index in [1.54, 1.807) is 14.2 Å². The number of piperidine rings is 1. The van der Waals surface area contributed by atoms with Gasteiger partial charge in [0.05, 0.1) is 17.8 Å². The molecule has 0 spiro atoms. The van der Waals surface area contributed by atoms with Gasteiger partial charge in [0.2, 0.25) is 0 Å². The predicted molar refractivity (Wildman–Crippen MR) is 72.7 cm³/mol. The molecular weight excluding hydrogens is 230 g/mol. The third-order valence-electron chi connectivity index (χ3n) is 4.32. The topological polar surface area (TPSA) is 41.9 Å². The molecule has 0 amide bonds. The summed E-state index contributed by atoms with van der Waals surface area (Å²) < 4.78 is 10.8. The molecule has 3 atom stereocenters. The molecule has 0 aromatic heterocycles. The molecular formula is C14H29NO3. The van der Waals surface area contributed by atoms with Gasteiger partial charge in [-0.25, -0.2) is 0 Å². The highest BCUT2D eigenvalue weighted by atomic mass is 16.5. The Bertz CT molecular complexity index is 245. The number of hydrogen-bond acceptors (Lipinski definition) is 4. The lowest BCUT2D eigenvalue weighted by molar-refractivity contribution is -0.0851. The number of rotatable bonds is 6. The molecule has 3 unspecified atom stereocenters. The molecule has 0 bridgehead atoms. The highest BCUT2D eigenvalue weighted by Crippen LogP contribution is 2.21. The maximum atomic E-state index is 10.1. The van der Waals surface area contributed by atoms with E-state index in [1.165, 1.54) is 6.42 Å². The Kier molecular flexibility index (Phi) is 6.05. The average molecular weight is 259 g/mol. The molecule has 4 nitrogen and oxygen atoms in total. The van der Waals surface area contributed by atoms with Gasteiger partial charge < -0.3 is 19.5 Å². The van der Waals surface area contributed by atoms with Gasteiger partial charge in [0.1, 0.15) is 0 Å². The van der Waals surface area contributed by atoms with Crippen LogP contribution in [0.3, 0.4) is 0 Å². The molecule has 1 aliphatic heterocycles. The Morgan fingerprint density at radius 2 is 2.06 bits per heavy atom. The van der Waals surface area contributed by atoms with Crippen LogP contribution in [0.1, 0.15) is 33.6 Å². The minimum Gasteiger partial charge on any atom is -0.390 e. The van der Waals surface area contributed by atoms with E-state index in [1.807, 2.05) is 13.8 Å². The molecule has 0 aromatic rings. The molecule has 1 aliphatic rings. The summed E-state index contributed by atoms with van der Waals surface area (Å²) in [5.41, 5.74) is -0.469. The Labute approximate surface area is 111 Å². The zero-order valence-corrected chi connectivity index (χ0v) is 12.5. The van der Waals surface area contributed by atoms with Crippen LogP contribution in [-0.4, -0.2) is 61.7 Å². The molecule has 1 fully saturated rings. The SMILES string of the molecule is COC1CN(CCC(O)C(C)(C)OC)CCC1C. The number of nitrogens with zero attached hydrogens (tertiary/aromatic N) is 1. The van der Waals surface area contributed by atoms with Crippen molar-refractivity contribution < 1.29 is 14.6 Å². The average Bonchev–Trinajstić information content (AvgIpc) is 2.37. The van der Waals surface area contributed by atoms with Crippen molar-refractivity contribution in [3.8, 4) is 0 Å². The van der Waals surface area contributed by atoms with Crippen LogP contribution in [-0.2, 0) is 9.47 Å². The Balaban J connectivity index is 2.36. The van der Waals surface area contributed by atoms with Crippen molar-refractivity contribution in [1.29, 1.82) is 0 Å². The van der Waals surface area contributed by atoms with Gasteiger partial charge in [-0.3, -0.25) is 0 Å². The lowest BCUT2D eigenvalue weighted by Gasteiger charge is -2.37. The van der Waals surface area contributed by atoms with Crippen molar-refractivity contribution >= 4 is 0 Å². The molecule has 4 heteroatoms. The summed E-state index contributed by atoms with van der Waals surface area (Å²) in [4.78, 5) is 2.38. The molecule has 18 heavy (non-hydrogen) atoms. The van der Waals surface area contributed by atoms with E-state index in [4.69, 9.17) is 9.47 Å². The number of ether oxygens (including phenoxy) is 2. The number of methoxy groups -OCH3 is 2. The van der Waals surface area contributed by atoms with Gasteiger partial charge in [-0.05, 0) is 39.2 Å². The Morgan fingerprint density at radius 1 is 1.39 bits per heavy atom. The summed E-state index contributed by atoms with van der Waals surface area (Å²) in [6.07, 6.45) is 1.81. The van der Waals surface area contributed by atoms with Gasteiger partial charge in [-0.15, -0.1) is 0 Å². The van der Waals surface area contributed by atoms with Crippen LogP contribution in [0.25, 0.3) is 0 Å². The van der Waals surface area contributed by atoms with Gasteiger partial charge in [0.25, 0.3) is 0 Å².